The number of hydrogen-bond donors (Lipinski definition) is 1. The molecular formula is C14H13BrFNOS. The van der Waals surface area contributed by atoms with Gasteiger partial charge >= 0.3 is 0 Å². The van der Waals surface area contributed by atoms with Crippen LogP contribution in [-0.4, -0.2) is 7.11 Å². The number of rotatable bonds is 4. The molecule has 2 N–H and O–H groups in total. The van der Waals surface area contributed by atoms with E-state index in [9.17, 15) is 4.39 Å². The SMILES string of the molecule is COc1ccc(F)cc1CSc1ccc(N)cc1Br. The van der Waals surface area contributed by atoms with E-state index in [2.05, 4.69) is 15.9 Å². The van der Waals surface area contributed by atoms with Crippen molar-refractivity contribution in [1.29, 1.82) is 0 Å². The van der Waals surface area contributed by atoms with Gasteiger partial charge in [0.2, 0.25) is 0 Å². The molecule has 19 heavy (non-hydrogen) atoms. The van der Waals surface area contributed by atoms with Gasteiger partial charge in [0.1, 0.15) is 11.6 Å². The maximum atomic E-state index is 13.3. The minimum atomic E-state index is -0.257. The zero-order chi connectivity index (χ0) is 13.8. The summed E-state index contributed by atoms with van der Waals surface area (Å²) in [7, 11) is 1.58. The smallest absolute Gasteiger partial charge is 0.123 e. The highest BCUT2D eigenvalue weighted by Crippen LogP contribution is 2.33. The summed E-state index contributed by atoms with van der Waals surface area (Å²) in [6.45, 7) is 0. The second-order valence-electron chi connectivity index (χ2n) is 3.93. The van der Waals surface area contributed by atoms with Gasteiger partial charge in [0.15, 0.2) is 0 Å². The van der Waals surface area contributed by atoms with Crippen LogP contribution in [-0.2, 0) is 5.75 Å². The highest BCUT2D eigenvalue weighted by molar-refractivity contribution is 9.10. The van der Waals surface area contributed by atoms with E-state index in [1.165, 1.54) is 12.1 Å². The van der Waals surface area contributed by atoms with Gasteiger partial charge in [-0.1, -0.05) is 0 Å². The molecule has 0 atom stereocenters. The van der Waals surface area contributed by atoms with Crippen LogP contribution in [0.2, 0.25) is 0 Å². The van der Waals surface area contributed by atoms with Gasteiger partial charge in [-0.15, -0.1) is 11.8 Å². The number of nitrogens with two attached hydrogens (primary N) is 1. The van der Waals surface area contributed by atoms with Gasteiger partial charge in [0.25, 0.3) is 0 Å². The largest absolute Gasteiger partial charge is 0.496 e. The summed E-state index contributed by atoms with van der Waals surface area (Å²) in [6, 6.07) is 10.2. The summed E-state index contributed by atoms with van der Waals surface area (Å²) in [6.07, 6.45) is 0. The average molecular weight is 342 g/mol. The van der Waals surface area contributed by atoms with E-state index in [4.69, 9.17) is 10.5 Å². The van der Waals surface area contributed by atoms with E-state index < -0.39 is 0 Å². The van der Waals surface area contributed by atoms with Crippen LogP contribution in [0.3, 0.4) is 0 Å². The number of nitrogen functional groups attached to an aromatic ring is 1. The number of anilines is 1. The third kappa shape index (κ3) is 3.64. The van der Waals surface area contributed by atoms with Crippen molar-refractivity contribution < 1.29 is 9.13 Å². The Morgan fingerprint density at radius 2 is 2.05 bits per heavy atom. The quantitative estimate of drug-likeness (QED) is 0.658. The van der Waals surface area contributed by atoms with Gasteiger partial charge in [0.05, 0.1) is 7.11 Å². The molecular weight excluding hydrogens is 329 g/mol. The van der Waals surface area contributed by atoms with Gasteiger partial charge in [-0.3, -0.25) is 0 Å². The summed E-state index contributed by atoms with van der Waals surface area (Å²) in [5.41, 5.74) is 7.23. The monoisotopic (exact) mass is 341 g/mol. The van der Waals surface area contributed by atoms with Gasteiger partial charge in [0, 0.05) is 26.4 Å². The lowest BCUT2D eigenvalue weighted by atomic mass is 10.2. The first-order chi connectivity index (χ1) is 9.10. The lowest BCUT2D eigenvalue weighted by molar-refractivity contribution is 0.410. The Labute approximate surface area is 124 Å². The molecule has 0 spiro atoms. The van der Waals surface area contributed by atoms with E-state index in [1.807, 2.05) is 18.2 Å². The molecule has 0 unspecified atom stereocenters. The van der Waals surface area contributed by atoms with Crippen molar-refractivity contribution in [3.63, 3.8) is 0 Å². The average Bonchev–Trinajstić information content (AvgIpc) is 2.38. The highest BCUT2D eigenvalue weighted by atomic mass is 79.9. The normalized spacial score (nSPS) is 10.5. The molecule has 0 aromatic heterocycles. The van der Waals surface area contributed by atoms with Crippen LogP contribution >= 0.6 is 27.7 Å². The van der Waals surface area contributed by atoms with E-state index >= 15 is 0 Å². The summed E-state index contributed by atoms with van der Waals surface area (Å²) < 4.78 is 19.4. The van der Waals surface area contributed by atoms with Crippen molar-refractivity contribution in [2.45, 2.75) is 10.6 Å². The third-order valence-corrected chi connectivity index (χ3v) is 4.62. The second-order valence-corrected chi connectivity index (χ2v) is 5.81. The zero-order valence-electron chi connectivity index (χ0n) is 10.3. The zero-order valence-corrected chi connectivity index (χ0v) is 12.7. The van der Waals surface area contributed by atoms with Crippen molar-refractivity contribution in [3.8, 4) is 5.75 Å². The van der Waals surface area contributed by atoms with Crippen LogP contribution in [0.15, 0.2) is 45.8 Å². The van der Waals surface area contributed by atoms with Crippen molar-refractivity contribution in [2.24, 2.45) is 0 Å². The minimum Gasteiger partial charge on any atom is -0.496 e. The predicted molar refractivity (Wildman–Crippen MR) is 81.1 cm³/mol. The van der Waals surface area contributed by atoms with Gasteiger partial charge in [-0.2, -0.15) is 0 Å². The Morgan fingerprint density at radius 1 is 1.26 bits per heavy atom. The molecule has 2 rings (SSSR count). The fourth-order valence-corrected chi connectivity index (χ4v) is 3.29. The Hall–Kier alpha value is -1.20. The maximum absolute atomic E-state index is 13.3. The van der Waals surface area contributed by atoms with Crippen LogP contribution < -0.4 is 10.5 Å². The van der Waals surface area contributed by atoms with E-state index in [1.54, 1.807) is 24.9 Å². The molecule has 0 heterocycles. The number of methoxy groups -OCH3 is 1. The second kappa shape index (κ2) is 6.30. The van der Waals surface area contributed by atoms with E-state index in [0.29, 0.717) is 17.2 Å². The maximum Gasteiger partial charge on any atom is 0.123 e. The van der Waals surface area contributed by atoms with Gasteiger partial charge in [-0.05, 0) is 52.3 Å². The molecule has 0 aliphatic heterocycles. The molecule has 2 aromatic carbocycles. The topological polar surface area (TPSA) is 35.2 Å². The number of halogens is 2. The molecule has 0 saturated carbocycles. The summed E-state index contributed by atoms with van der Waals surface area (Å²) in [5.74, 6) is 1.07. The van der Waals surface area contributed by atoms with Crippen LogP contribution in [0.4, 0.5) is 10.1 Å². The van der Waals surface area contributed by atoms with Crippen molar-refractivity contribution in [3.05, 3.63) is 52.3 Å². The molecule has 2 nitrogen and oxygen atoms in total. The summed E-state index contributed by atoms with van der Waals surface area (Å²) in [5, 5.41) is 0. The van der Waals surface area contributed by atoms with Crippen molar-refractivity contribution in [2.75, 3.05) is 12.8 Å². The molecule has 0 saturated heterocycles. The van der Waals surface area contributed by atoms with Crippen LogP contribution in [0.5, 0.6) is 5.75 Å². The number of thioether (sulfide) groups is 1. The predicted octanol–water partition coefficient (Wildman–Crippen LogP) is 4.47. The number of hydrogen-bond acceptors (Lipinski definition) is 3. The number of benzene rings is 2. The van der Waals surface area contributed by atoms with Crippen molar-refractivity contribution >= 4 is 33.4 Å². The van der Waals surface area contributed by atoms with Crippen LogP contribution in [0, 0.1) is 5.82 Å². The molecule has 0 amide bonds. The van der Waals surface area contributed by atoms with Crippen LogP contribution in [0.25, 0.3) is 0 Å². The Bertz CT molecular complexity index is 592. The van der Waals surface area contributed by atoms with Crippen molar-refractivity contribution in [1.82, 2.24) is 0 Å². The Morgan fingerprint density at radius 3 is 2.74 bits per heavy atom. The molecule has 2 aromatic rings. The fourth-order valence-electron chi connectivity index (χ4n) is 1.65. The fraction of sp³-hybridized carbons (Fsp3) is 0.143. The van der Waals surface area contributed by atoms with Crippen LogP contribution in [0.1, 0.15) is 5.56 Å². The molecule has 0 fully saturated rings. The summed E-state index contributed by atoms with van der Waals surface area (Å²) >= 11 is 5.06. The first kappa shape index (κ1) is 14.2. The minimum absolute atomic E-state index is 0.257. The first-order valence-electron chi connectivity index (χ1n) is 5.60. The Kier molecular flexibility index (Phi) is 4.71. The molecule has 0 radical (unpaired) electrons. The molecule has 100 valence electrons. The third-order valence-electron chi connectivity index (χ3n) is 2.58. The lowest BCUT2D eigenvalue weighted by Crippen LogP contribution is -1.92. The van der Waals surface area contributed by atoms with Gasteiger partial charge < -0.3 is 10.5 Å². The van der Waals surface area contributed by atoms with E-state index in [0.717, 1.165) is 14.9 Å². The first-order valence-corrected chi connectivity index (χ1v) is 7.38. The molecule has 5 heteroatoms. The highest BCUT2D eigenvalue weighted by Gasteiger charge is 2.07. The molecule has 0 aliphatic carbocycles. The molecule has 0 bridgehead atoms. The number of ether oxygens (including phenoxy) is 1. The molecule has 0 aliphatic rings. The van der Waals surface area contributed by atoms with Gasteiger partial charge in [-0.25, -0.2) is 4.39 Å². The Balaban J connectivity index is 2.16. The lowest BCUT2D eigenvalue weighted by Gasteiger charge is -2.09. The van der Waals surface area contributed by atoms with E-state index in [-0.39, 0.29) is 5.82 Å². The summed E-state index contributed by atoms with van der Waals surface area (Å²) in [4.78, 5) is 1.06. The standard InChI is InChI=1S/C14H13BrFNOS/c1-18-13-4-2-10(16)6-9(13)8-19-14-5-3-11(17)7-12(14)15/h2-7H,8,17H2,1H3.